The van der Waals surface area contributed by atoms with Crippen LogP contribution in [-0.4, -0.2) is 11.9 Å². The van der Waals surface area contributed by atoms with Gasteiger partial charge in [0.2, 0.25) is 0 Å². The average Bonchev–Trinajstić information content (AvgIpc) is 2.71. The van der Waals surface area contributed by atoms with Crippen molar-refractivity contribution in [3.63, 3.8) is 0 Å². The lowest BCUT2D eigenvalue weighted by Gasteiger charge is -2.21. The van der Waals surface area contributed by atoms with Crippen LogP contribution in [0.1, 0.15) is 43.5 Å². The molecule has 0 heterocycles. The fraction of sp³-hybridized carbons (Fsp3) is 0.533. The van der Waals surface area contributed by atoms with E-state index >= 15 is 0 Å². The second-order valence-electron chi connectivity index (χ2n) is 5.31. The van der Waals surface area contributed by atoms with E-state index in [0.29, 0.717) is 23.2 Å². The molecular weight excluding hydrogens is 224 g/mol. The third kappa shape index (κ3) is 2.66. The first kappa shape index (κ1) is 12.9. The number of nitrogens with one attached hydrogen (secondary N) is 1. The predicted molar refractivity (Wildman–Crippen MR) is 74.3 cm³/mol. The van der Waals surface area contributed by atoms with Crippen molar-refractivity contribution < 1.29 is 4.79 Å². The fourth-order valence-electron chi connectivity index (χ4n) is 2.91. The smallest absolute Gasteiger partial charge is 0.251 e. The molecule has 0 radical (unpaired) electrons. The maximum atomic E-state index is 12.1. The lowest BCUT2D eigenvalue weighted by Crippen LogP contribution is -2.37. The van der Waals surface area contributed by atoms with Crippen LogP contribution >= 0.6 is 0 Å². The van der Waals surface area contributed by atoms with Gasteiger partial charge in [0, 0.05) is 17.3 Å². The lowest BCUT2D eigenvalue weighted by molar-refractivity contribution is 0.0926. The number of benzene rings is 1. The largest absolute Gasteiger partial charge is 0.399 e. The van der Waals surface area contributed by atoms with Crippen LogP contribution in [0.25, 0.3) is 0 Å². The molecule has 1 aromatic carbocycles. The van der Waals surface area contributed by atoms with Crippen molar-refractivity contribution in [1.82, 2.24) is 5.32 Å². The summed E-state index contributed by atoms with van der Waals surface area (Å²) in [6.07, 6.45) is 3.53. The molecule has 0 aliphatic heterocycles. The Kier molecular flexibility index (Phi) is 3.90. The summed E-state index contributed by atoms with van der Waals surface area (Å²) in [6.45, 7) is 4.47. The van der Waals surface area contributed by atoms with Crippen molar-refractivity contribution in [2.45, 2.75) is 39.2 Å². The topological polar surface area (TPSA) is 55.1 Å². The van der Waals surface area contributed by atoms with Gasteiger partial charge in [-0.15, -0.1) is 0 Å². The number of anilines is 1. The first-order valence-electron chi connectivity index (χ1n) is 6.78. The van der Waals surface area contributed by atoms with Gasteiger partial charge in [-0.05, 0) is 48.9 Å². The number of hydrogen-bond acceptors (Lipinski definition) is 2. The molecule has 3 N–H and O–H groups in total. The molecule has 1 fully saturated rings. The number of carbonyl (C=O) groups is 1. The number of hydrogen-bond donors (Lipinski definition) is 2. The third-order valence-electron chi connectivity index (χ3n) is 4.24. The number of rotatable bonds is 3. The van der Waals surface area contributed by atoms with Crippen LogP contribution in [0.15, 0.2) is 24.3 Å². The van der Waals surface area contributed by atoms with Crippen LogP contribution in [0.2, 0.25) is 0 Å². The van der Waals surface area contributed by atoms with E-state index in [-0.39, 0.29) is 5.91 Å². The van der Waals surface area contributed by atoms with Crippen molar-refractivity contribution in [1.29, 1.82) is 0 Å². The third-order valence-corrected chi connectivity index (χ3v) is 4.24. The molecule has 2 rings (SSSR count). The van der Waals surface area contributed by atoms with E-state index in [0.717, 1.165) is 12.3 Å². The molecule has 18 heavy (non-hydrogen) atoms. The Morgan fingerprint density at radius 1 is 1.33 bits per heavy atom. The Morgan fingerprint density at radius 3 is 2.56 bits per heavy atom. The van der Waals surface area contributed by atoms with Crippen LogP contribution in [0.5, 0.6) is 0 Å². The van der Waals surface area contributed by atoms with Gasteiger partial charge in [0.15, 0.2) is 0 Å². The highest BCUT2D eigenvalue weighted by molar-refractivity contribution is 5.94. The summed E-state index contributed by atoms with van der Waals surface area (Å²) < 4.78 is 0. The van der Waals surface area contributed by atoms with E-state index in [1.54, 1.807) is 24.3 Å². The van der Waals surface area contributed by atoms with E-state index in [1.807, 2.05) is 0 Å². The molecule has 1 aliphatic rings. The molecule has 0 bridgehead atoms. The minimum Gasteiger partial charge on any atom is -0.399 e. The first-order valence-corrected chi connectivity index (χ1v) is 6.78. The highest BCUT2D eigenvalue weighted by atomic mass is 16.1. The second-order valence-corrected chi connectivity index (χ2v) is 5.31. The van der Waals surface area contributed by atoms with E-state index in [9.17, 15) is 4.79 Å². The Morgan fingerprint density at radius 2 is 2.00 bits per heavy atom. The Bertz CT molecular complexity index is 413. The number of nitrogens with two attached hydrogens (primary N) is 1. The molecule has 3 unspecified atom stereocenters. The van der Waals surface area contributed by atoms with Gasteiger partial charge < -0.3 is 11.1 Å². The van der Waals surface area contributed by atoms with Gasteiger partial charge in [0.1, 0.15) is 0 Å². The maximum absolute atomic E-state index is 12.1. The zero-order chi connectivity index (χ0) is 13.1. The SMILES string of the molecule is CCC1CCC(NC(=O)c2ccc(N)cc2)C1C. The summed E-state index contributed by atoms with van der Waals surface area (Å²) in [5.74, 6) is 1.35. The Balaban J connectivity index is 1.98. The maximum Gasteiger partial charge on any atom is 0.251 e. The highest BCUT2D eigenvalue weighted by Crippen LogP contribution is 2.33. The zero-order valence-electron chi connectivity index (χ0n) is 11.1. The van der Waals surface area contributed by atoms with Gasteiger partial charge in [-0.3, -0.25) is 4.79 Å². The van der Waals surface area contributed by atoms with Crippen molar-refractivity contribution in [3.8, 4) is 0 Å². The van der Waals surface area contributed by atoms with Gasteiger partial charge >= 0.3 is 0 Å². The quantitative estimate of drug-likeness (QED) is 0.806. The molecular formula is C15H22N2O. The van der Waals surface area contributed by atoms with Crippen LogP contribution in [0.4, 0.5) is 5.69 Å². The number of amides is 1. The average molecular weight is 246 g/mol. The summed E-state index contributed by atoms with van der Waals surface area (Å²) in [5.41, 5.74) is 6.99. The normalized spacial score (nSPS) is 27.1. The summed E-state index contributed by atoms with van der Waals surface area (Å²) in [7, 11) is 0. The number of carbonyl (C=O) groups excluding carboxylic acids is 1. The molecule has 1 saturated carbocycles. The molecule has 0 spiro atoms. The van der Waals surface area contributed by atoms with Crippen molar-refractivity contribution >= 4 is 11.6 Å². The molecule has 3 nitrogen and oxygen atoms in total. The van der Waals surface area contributed by atoms with E-state index in [4.69, 9.17) is 5.73 Å². The molecule has 1 aromatic rings. The summed E-state index contributed by atoms with van der Waals surface area (Å²) in [4.78, 5) is 12.1. The van der Waals surface area contributed by atoms with Crippen LogP contribution in [0, 0.1) is 11.8 Å². The Labute approximate surface area is 109 Å². The molecule has 0 aromatic heterocycles. The van der Waals surface area contributed by atoms with E-state index in [1.165, 1.54) is 12.8 Å². The minimum atomic E-state index is 0.0172. The van der Waals surface area contributed by atoms with Gasteiger partial charge in [-0.25, -0.2) is 0 Å². The lowest BCUT2D eigenvalue weighted by atomic mass is 9.93. The van der Waals surface area contributed by atoms with Gasteiger partial charge in [0.05, 0.1) is 0 Å². The van der Waals surface area contributed by atoms with Crippen LogP contribution in [-0.2, 0) is 0 Å². The van der Waals surface area contributed by atoms with Gasteiger partial charge in [-0.1, -0.05) is 20.3 Å². The molecule has 1 aliphatic carbocycles. The summed E-state index contributed by atoms with van der Waals surface area (Å²) >= 11 is 0. The molecule has 3 heteroatoms. The molecule has 3 atom stereocenters. The van der Waals surface area contributed by atoms with Crippen molar-refractivity contribution in [3.05, 3.63) is 29.8 Å². The van der Waals surface area contributed by atoms with E-state index in [2.05, 4.69) is 19.2 Å². The molecule has 0 saturated heterocycles. The highest BCUT2D eigenvalue weighted by Gasteiger charge is 2.32. The van der Waals surface area contributed by atoms with Crippen molar-refractivity contribution in [2.24, 2.45) is 11.8 Å². The standard InChI is InChI=1S/C15H22N2O/c1-3-11-6-9-14(10(11)2)17-15(18)12-4-7-13(16)8-5-12/h4-5,7-8,10-11,14H,3,6,9,16H2,1-2H3,(H,17,18). The Hall–Kier alpha value is -1.51. The second kappa shape index (κ2) is 5.42. The monoisotopic (exact) mass is 246 g/mol. The van der Waals surface area contributed by atoms with Gasteiger partial charge in [0.25, 0.3) is 5.91 Å². The first-order chi connectivity index (χ1) is 8.61. The van der Waals surface area contributed by atoms with Crippen molar-refractivity contribution in [2.75, 3.05) is 5.73 Å². The van der Waals surface area contributed by atoms with Crippen LogP contribution in [0.3, 0.4) is 0 Å². The van der Waals surface area contributed by atoms with Gasteiger partial charge in [-0.2, -0.15) is 0 Å². The zero-order valence-corrected chi connectivity index (χ0v) is 11.1. The minimum absolute atomic E-state index is 0.0172. The molecule has 1 amide bonds. The summed E-state index contributed by atoms with van der Waals surface area (Å²) in [5, 5.41) is 3.15. The number of nitrogen functional groups attached to an aromatic ring is 1. The molecule has 98 valence electrons. The predicted octanol–water partition coefficient (Wildman–Crippen LogP) is 2.82. The fourth-order valence-corrected chi connectivity index (χ4v) is 2.91. The van der Waals surface area contributed by atoms with E-state index < -0.39 is 0 Å². The summed E-state index contributed by atoms with van der Waals surface area (Å²) in [6, 6.07) is 7.41. The van der Waals surface area contributed by atoms with Crippen LogP contribution < -0.4 is 11.1 Å².